The summed E-state index contributed by atoms with van der Waals surface area (Å²) in [6, 6.07) is 2.28. The first-order valence-corrected chi connectivity index (χ1v) is 7.95. The Morgan fingerprint density at radius 2 is 1.74 bits per heavy atom. The lowest BCUT2D eigenvalue weighted by molar-refractivity contribution is -0.135. The van der Waals surface area contributed by atoms with Crippen LogP contribution < -0.4 is 5.32 Å². The minimum absolute atomic E-state index is 0.000921. The van der Waals surface area contributed by atoms with E-state index in [0.29, 0.717) is 13.1 Å². The van der Waals surface area contributed by atoms with Crippen LogP contribution in [0.25, 0.3) is 0 Å². The van der Waals surface area contributed by atoms with Gasteiger partial charge < -0.3 is 10.2 Å². The molecule has 0 aliphatic carbocycles. The topological polar surface area (TPSA) is 49.4 Å². The van der Waals surface area contributed by atoms with Gasteiger partial charge in [0.15, 0.2) is 11.6 Å². The summed E-state index contributed by atoms with van der Waals surface area (Å²) in [6.07, 6.45) is 3.04. The third-order valence-electron chi connectivity index (χ3n) is 4.07. The third kappa shape index (κ3) is 4.27. The summed E-state index contributed by atoms with van der Waals surface area (Å²) < 4.78 is 26.2. The summed E-state index contributed by atoms with van der Waals surface area (Å²) in [6.45, 7) is 5.09. The van der Waals surface area contributed by atoms with Crippen molar-refractivity contribution >= 4 is 11.8 Å². The Hall–Kier alpha value is -1.98. The number of benzene rings is 1. The van der Waals surface area contributed by atoms with Crippen molar-refractivity contribution < 1.29 is 18.4 Å². The lowest BCUT2D eigenvalue weighted by Crippen LogP contribution is -2.52. The maximum atomic E-state index is 13.3. The van der Waals surface area contributed by atoms with Crippen molar-refractivity contribution in [1.82, 2.24) is 10.2 Å². The van der Waals surface area contributed by atoms with E-state index in [9.17, 15) is 18.4 Å². The number of carbonyl (C=O) groups excluding carboxylic acids is 2. The lowest BCUT2D eigenvalue weighted by atomic mass is 10.0. The molecule has 0 spiro atoms. The zero-order chi connectivity index (χ0) is 17.0. The first-order valence-electron chi connectivity index (χ1n) is 7.95. The van der Waals surface area contributed by atoms with E-state index in [1.165, 1.54) is 6.07 Å². The highest BCUT2D eigenvalue weighted by atomic mass is 19.2. The molecule has 23 heavy (non-hydrogen) atoms. The third-order valence-corrected chi connectivity index (χ3v) is 4.07. The average Bonchev–Trinajstić information content (AvgIpc) is 2.54. The van der Waals surface area contributed by atoms with Crippen LogP contribution in [0.3, 0.4) is 0 Å². The Kier molecular flexibility index (Phi) is 5.69. The van der Waals surface area contributed by atoms with Crippen molar-refractivity contribution in [3.8, 4) is 0 Å². The van der Waals surface area contributed by atoms with E-state index in [0.717, 1.165) is 31.4 Å². The van der Waals surface area contributed by atoms with Crippen molar-refractivity contribution in [3.63, 3.8) is 0 Å². The molecule has 2 amide bonds. The van der Waals surface area contributed by atoms with Crippen molar-refractivity contribution in [1.29, 1.82) is 0 Å². The van der Waals surface area contributed by atoms with Gasteiger partial charge in [0, 0.05) is 18.7 Å². The predicted molar refractivity (Wildman–Crippen MR) is 82.9 cm³/mol. The number of likely N-dealkylation sites (tertiary alicyclic amines) is 1. The molecule has 1 aliphatic heterocycles. The lowest BCUT2D eigenvalue weighted by Gasteiger charge is -2.32. The number of hydrogen-bond acceptors (Lipinski definition) is 2. The van der Waals surface area contributed by atoms with Crippen LogP contribution in [0.15, 0.2) is 18.2 Å². The van der Waals surface area contributed by atoms with Gasteiger partial charge in [-0.15, -0.1) is 0 Å². The van der Waals surface area contributed by atoms with Crippen LogP contribution in [-0.2, 0) is 4.79 Å². The summed E-state index contributed by atoms with van der Waals surface area (Å²) in [5.41, 5.74) is 0.000921. The van der Waals surface area contributed by atoms with Gasteiger partial charge in [0.2, 0.25) is 5.91 Å². The molecule has 0 radical (unpaired) electrons. The summed E-state index contributed by atoms with van der Waals surface area (Å²) in [5, 5.41) is 2.66. The molecule has 1 heterocycles. The van der Waals surface area contributed by atoms with E-state index in [1.807, 2.05) is 13.8 Å². The fourth-order valence-electron chi connectivity index (χ4n) is 2.69. The van der Waals surface area contributed by atoms with Gasteiger partial charge in [-0.3, -0.25) is 9.59 Å². The number of rotatable bonds is 4. The smallest absolute Gasteiger partial charge is 0.252 e. The van der Waals surface area contributed by atoms with E-state index < -0.39 is 23.6 Å². The highest BCUT2D eigenvalue weighted by Crippen LogP contribution is 2.15. The summed E-state index contributed by atoms with van der Waals surface area (Å²) in [5.74, 6) is -2.88. The normalized spacial score (nSPS) is 16.3. The highest BCUT2D eigenvalue weighted by Gasteiger charge is 2.29. The van der Waals surface area contributed by atoms with Gasteiger partial charge in [-0.1, -0.05) is 13.8 Å². The second kappa shape index (κ2) is 7.53. The Balaban J connectivity index is 2.10. The van der Waals surface area contributed by atoms with Crippen molar-refractivity contribution in [3.05, 3.63) is 35.4 Å². The second-order valence-corrected chi connectivity index (χ2v) is 6.21. The molecule has 6 heteroatoms. The Morgan fingerprint density at radius 3 is 2.30 bits per heavy atom. The number of nitrogens with one attached hydrogen (secondary N) is 1. The molecule has 1 N–H and O–H groups in total. The van der Waals surface area contributed by atoms with Crippen molar-refractivity contribution in [2.24, 2.45) is 5.92 Å². The Morgan fingerprint density at radius 1 is 1.09 bits per heavy atom. The number of amides is 2. The molecule has 1 aromatic carbocycles. The van der Waals surface area contributed by atoms with Crippen LogP contribution in [0.2, 0.25) is 0 Å². The fourth-order valence-corrected chi connectivity index (χ4v) is 2.69. The number of carbonyl (C=O) groups is 2. The number of nitrogens with zero attached hydrogens (tertiary/aromatic N) is 1. The van der Waals surface area contributed by atoms with Crippen LogP contribution in [0.4, 0.5) is 8.78 Å². The molecule has 1 aromatic rings. The fraction of sp³-hybridized carbons (Fsp3) is 0.529. The first kappa shape index (κ1) is 17.4. The number of halogens is 2. The van der Waals surface area contributed by atoms with Crippen LogP contribution in [0.5, 0.6) is 0 Å². The molecule has 4 nitrogen and oxygen atoms in total. The Bertz CT molecular complexity index is 584. The van der Waals surface area contributed by atoms with E-state index in [1.54, 1.807) is 4.90 Å². The molecule has 1 saturated heterocycles. The zero-order valence-electron chi connectivity index (χ0n) is 13.4. The number of hydrogen-bond donors (Lipinski definition) is 1. The standard InChI is InChI=1S/C17H22F2N2O2/c1-11(2)15(17(23)21-8-4-3-5-9-21)20-16(22)12-6-7-13(18)14(19)10-12/h6-7,10-11,15H,3-5,8-9H2,1-2H3,(H,20,22)/t15-/m1/s1. The van der Waals surface area contributed by atoms with Gasteiger partial charge in [0.05, 0.1) is 0 Å². The highest BCUT2D eigenvalue weighted by molar-refractivity contribution is 5.97. The molecular formula is C17H22F2N2O2. The predicted octanol–water partition coefficient (Wildman–Crippen LogP) is 2.73. The molecule has 0 aromatic heterocycles. The van der Waals surface area contributed by atoms with Crippen LogP contribution in [0, 0.1) is 17.6 Å². The molecule has 1 fully saturated rings. The Labute approximate surface area is 134 Å². The van der Waals surface area contributed by atoms with E-state index >= 15 is 0 Å². The first-order chi connectivity index (χ1) is 10.9. The SMILES string of the molecule is CC(C)[C@@H](NC(=O)c1ccc(F)c(F)c1)C(=O)N1CCCCC1. The van der Waals surface area contributed by atoms with Gasteiger partial charge >= 0.3 is 0 Å². The molecule has 0 unspecified atom stereocenters. The molecule has 0 saturated carbocycles. The second-order valence-electron chi connectivity index (χ2n) is 6.21. The van der Waals surface area contributed by atoms with Crippen LogP contribution >= 0.6 is 0 Å². The van der Waals surface area contributed by atoms with Crippen molar-refractivity contribution in [2.45, 2.75) is 39.2 Å². The van der Waals surface area contributed by atoms with Gasteiger partial charge in [0.1, 0.15) is 6.04 Å². The molecule has 1 atom stereocenters. The van der Waals surface area contributed by atoms with Crippen LogP contribution in [-0.4, -0.2) is 35.8 Å². The van der Waals surface area contributed by atoms with Gasteiger partial charge in [-0.25, -0.2) is 8.78 Å². The number of piperidine rings is 1. The quantitative estimate of drug-likeness (QED) is 0.926. The minimum atomic E-state index is -1.08. The largest absolute Gasteiger partial charge is 0.341 e. The maximum absolute atomic E-state index is 13.3. The molecule has 2 rings (SSSR count). The minimum Gasteiger partial charge on any atom is -0.341 e. The van der Waals surface area contributed by atoms with Crippen molar-refractivity contribution in [2.75, 3.05) is 13.1 Å². The zero-order valence-corrected chi connectivity index (χ0v) is 13.4. The monoisotopic (exact) mass is 324 g/mol. The van der Waals surface area contributed by atoms with Gasteiger partial charge in [0.25, 0.3) is 5.91 Å². The van der Waals surface area contributed by atoms with E-state index in [4.69, 9.17) is 0 Å². The van der Waals surface area contributed by atoms with Gasteiger partial charge in [-0.2, -0.15) is 0 Å². The molecule has 1 aliphatic rings. The molecule has 126 valence electrons. The molecule has 0 bridgehead atoms. The maximum Gasteiger partial charge on any atom is 0.252 e. The molecular weight excluding hydrogens is 302 g/mol. The van der Waals surface area contributed by atoms with Gasteiger partial charge in [-0.05, 0) is 43.4 Å². The van der Waals surface area contributed by atoms with Crippen LogP contribution in [0.1, 0.15) is 43.5 Å². The average molecular weight is 324 g/mol. The van der Waals surface area contributed by atoms with E-state index in [2.05, 4.69) is 5.32 Å². The summed E-state index contributed by atoms with van der Waals surface area (Å²) in [7, 11) is 0. The summed E-state index contributed by atoms with van der Waals surface area (Å²) >= 11 is 0. The van der Waals surface area contributed by atoms with E-state index in [-0.39, 0.29) is 17.4 Å². The summed E-state index contributed by atoms with van der Waals surface area (Å²) in [4.78, 5) is 26.6.